The van der Waals surface area contributed by atoms with Gasteiger partial charge in [0.2, 0.25) is 0 Å². The van der Waals surface area contributed by atoms with Gasteiger partial charge in [-0.1, -0.05) is 5.92 Å². The summed E-state index contributed by atoms with van der Waals surface area (Å²) < 4.78 is 31.5. The molecule has 2 rings (SSSR count). The van der Waals surface area contributed by atoms with E-state index in [2.05, 4.69) is 38.7 Å². The Balaban J connectivity index is 2.19. The number of nitrogens with one attached hydrogen (secondary N) is 4. The van der Waals surface area contributed by atoms with Crippen LogP contribution < -0.4 is 21.4 Å². The van der Waals surface area contributed by atoms with Crippen molar-refractivity contribution in [3.63, 3.8) is 0 Å². The fourth-order valence-electron chi connectivity index (χ4n) is 2.51. The van der Waals surface area contributed by atoms with Gasteiger partial charge in [-0.05, 0) is 66.5 Å². The zero-order chi connectivity index (χ0) is 24.4. The molecule has 0 fully saturated rings. The fraction of sp³-hybridized carbons (Fsp3) is 0.238. The van der Waals surface area contributed by atoms with Crippen molar-refractivity contribution in [2.24, 2.45) is 0 Å². The van der Waals surface area contributed by atoms with Crippen LogP contribution in [0.1, 0.15) is 27.7 Å². The van der Waals surface area contributed by atoms with E-state index in [4.69, 9.17) is 5.21 Å². The summed E-state index contributed by atoms with van der Waals surface area (Å²) in [4.78, 5) is 37.1. The van der Waals surface area contributed by atoms with Crippen molar-refractivity contribution in [2.45, 2.75) is 24.9 Å². The third-order valence-electron chi connectivity index (χ3n) is 4.35. The van der Waals surface area contributed by atoms with Crippen LogP contribution in [0.4, 0.5) is 13.6 Å². The minimum atomic E-state index is -3.28. The van der Waals surface area contributed by atoms with E-state index in [1.54, 1.807) is 12.3 Å². The van der Waals surface area contributed by atoms with Crippen molar-refractivity contribution >= 4 is 29.4 Å². The van der Waals surface area contributed by atoms with Gasteiger partial charge in [-0.2, -0.15) is 4.37 Å². The Hall–Kier alpha value is -4.00. The summed E-state index contributed by atoms with van der Waals surface area (Å²) in [6, 6.07) is 4.49. The molecule has 9 nitrogen and oxygen atoms in total. The first-order chi connectivity index (χ1) is 15.7. The zero-order valence-corrected chi connectivity index (χ0v) is 18.2. The molecule has 2 atom stereocenters. The normalized spacial score (nSPS) is 12.7. The summed E-state index contributed by atoms with van der Waals surface area (Å²) in [7, 11) is 1.19. The van der Waals surface area contributed by atoms with E-state index in [1.165, 1.54) is 48.3 Å². The van der Waals surface area contributed by atoms with Crippen molar-refractivity contribution in [3.05, 3.63) is 52.5 Å². The average Bonchev–Trinajstić information content (AvgIpc) is 3.33. The Morgan fingerprint density at radius 2 is 1.79 bits per heavy atom. The molecule has 0 saturated heterocycles. The van der Waals surface area contributed by atoms with Crippen LogP contribution in [0.3, 0.4) is 0 Å². The molecule has 0 aliphatic rings. The van der Waals surface area contributed by atoms with E-state index in [0.29, 0.717) is 5.56 Å². The van der Waals surface area contributed by atoms with Crippen LogP contribution in [0.25, 0.3) is 0 Å². The first-order valence-corrected chi connectivity index (χ1v) is 10.0. The Labute approximate surface area is 192 Å². The molecule has 172 valence electrons. The van der Waals surface area contributed by atoms with Crippen molar-refractivity contribution in [1.29, 1.82) is 0 Å². The number of nitrogens with zero attached hydrogens (tertiary/aromatic N) is 1. The molecule has 0 spiro atoms. The Morgan fingerprint density at radius 1 is 1.12 bits per heavy atom. The number of hydrogen-bond donors (Lipinski definition) is 5. The summed E-state index contributed by atoms with van der Waals surface area (Å²) in [5.41, 5.74) is -0.742. The van der Waals surface area contributed by atoms with Gasteiger partial charge in [0.05, 0.1) is 4.88 Å². The molecule has 4 amide bonds. The van der Waals surface area contributed by atoms with Crippen LogP contribution in [-0.4, -0.2) is 52.5 Å². The summed E-state index contributed by atoms with van der Waals surface area (Å²) >= 11 is 1.24. The lowest BCUT2D eigenvalue weighted by atomic mass is 9.91. The summed E-state index contributed by atoms with van der Waals surface area (Å²) in [6.07, 6.45) is -1.65. The van der Waals surface area contributed by atoms with Crippen molar-refractivity contribution < 1.29 is 28.4 Å². The van der Waals surface area contributed by atoms with Gasteiger partial charge in [-0.25, -0.2) is 19.1 Å². The van der Waals surface area contributed by atoms with Gasteiger partial charge in [-0.3, -0.25) is 14.8 Å². The fourth-order valence-corrected chi connectivity index (χ4v) is 2.96. The van der Waals surface area contributed by atoms with E-state index in [9.17, 15) is 23.2 Å². The lowest BCUT2D eigenvalue weighted by Crippen LogP contribution is -2.69. The van der Waals surface area contributed by atoms with Crippen LogP contribution in [0.15, 0.2) is 36.5 Å². The van der Waals surface area contributed by atoms with Gasteiger partial charge in [0.25, 0.3) is 18.2 Å². The molecule has 0 bridgehead atoms. The quantitative estimate of drug-likeness (QED) is 0.243. The van der Waals surface area contributed by atoms with Gasteiger partial charge in [-0.15, -0.1) is 0 Å². The van der Waals surface area contributed by atoms with Crippen LogP contribution in [0.2, 0.25) is 0 Å². The number of carbonyl (C=O) groups excluding carboxylic acids is 3. The zero-order valence-electron chi connectivity index (χ0n) is 17.4. The van der Waals surface area contributed by atoms with E-state index in [1.807, 2.05) is 5.32 Å². The molecular formula is C21H19F2N5O4S. The minimum Gasteiger partial charge on any atom is -0.341 e. The second-order valence-corrected chi connectivity index (χ2v) is 7.46. The molecule has 1 aromatic carbocycles. The summed E-state index contributed by atoms with van der Waals surface area (Å²) in [6.45, 7) is 0.860. The smallest absolute Gasteiger partial charge is 0.315 e. The molecular weight excluding hydrogens is 456 g/mol. The number of alkyl halides is 2. The molecule has 1 aromatic heterocycles. The van der Waals surface area contributed by atoms with Crippen LogP contribution >= 0.6 is 11.5 Å². The third-order valence-corrected chi connectivity index (χ3v) is 5.01. The molecule has 0 aliphatic heterocycles. The molecule has 12 heteroatoms. The first-order valence-electron chi connectivity index (χ1n) is 9.27. The Bertz CT molecular complexity index is 1120. The van der Waals surface area contributed by atoms with Crippen LogP contribution in [-0.2, 0) is 4.79 Å². The molecule has 33 heavy (non-hydrogen) atoms. The van der Waals surface area contributed by atoms with E-state index in [0.717, 1.165) is 11.8 Å². The Morgan fingerprint density at radius 3 is 2.33 bits per heavy atom. The van der Waals surface area contributed by atoms with Gasteiger partial charge < -0.3 is 16.0 Å². The predicted octanol–water partition coefficient (Wildman–Crippen LogP) is 1.10. The second-order valence-electron chi connectivity index (χ2n) is 6.62. The maximum absolute atomic E-state index is 13.8. The Kier molecular flexibility index (Phi) is 8.86. The number of hydrogen-bond acceptors (Lipinski definition) is 6. The average molecular weight is 475 g/mol. The van der Waals surface area contributed by atoms with Gasteiger partial charge in [0, 0.05) is 24.4 Å². The number of carbonyl (C=O) groups is 3. The number of hydroxylamine groups is 1. The van der Waals surface area contributed by atoms with Gasteiger partial charge in [0.1, 0.15) is 11.6 Å². The third kappa shape index (κ3) is 6.74. The molecule has 2 unspecified atom stereocenters. The highest BCUT2D eigenvalue weighted by molar-refractivity contribution is 7.06. The monoisotopic (exact) mass is 475 g/mol. The van der Waals surface area contributed by atoms with E-state index in [-0.39, 0.29) is 5.56 Å². The van der Waals surface area contributed by atoms with Crippen molar-refractivity contribution in [3.8, 4) is 23.7 Å². The van der Waals surface area contributed by atoms with Gasteiger partial charge >= 0.3 is 6.03 Å². The first kappa shape index (κ1) is 25.3. The lowest BCUT2D eigenvalue weighted by Gasteiger charge is -2.36. The van der Waals surface area contributed by atoms with E-state index >= 15 is 0 Å². The number of benzene rings is 1. The van der Waals surface area contributed by atoms with E-state index < -0.39 is 35.9 Å². The highest BCUT2D eigenvalue weighted by Gasteiger charge is 2.48. The number of amides is 4. The van der Waals surface area contributed by atoms with Crippen molar-refractivity contribution in [1.82, 2.24) is 25.8 Å². The minimum absolute atomic E-state index is 0.0311. The van der Waals surface area contributed by atoms with Crippen LogP contribution in [0, 0.1) is 23.7 Å². The molecule has 0 aliphatic carbocycles. The van der Waals surface area contributed by atoms with Gasteiger partial charge in [0.15, 0.2) is 0 Å². The molecule has 1 heterocycles. The maximum atomic E-state index is 13.8. The SMILES string of the molecule is CNC(=O)NC(C)(C(F)F)C(NC(=O)c1ccc(C#CC#Cc2ccns2)cc1)C(=O)NO. The highest BCUT2D eigenvalue weighted by Crippen LogP contribution is 2.21. The summed E-state index contributed by atoms with van der Waals surface area (Å²) in [5, 5.41) is 15.1. The lowest BCUT2D eigenvalue weighted by molar-refractivity contribution is -0.135. The number of halogens is 2. The summed E-state index contributed by atoms with van der Waals surface area (Å²) in [5.74, 6) is 8.69. The van der Waals surface area contributed by atoms with Crippen molar-refractivity contribution in [2.75, 3.05) is 7.05 Å². The molecule has 5 N–H and O–H groups in total. The number of rotatable bonds is 6. The maximum Gasteiger partial charge on any atom is 0.315 e. The standard InChI is InChI=1S/C21H19F2N5O4S/c1-21(19(22)23,27-20(31)24-2)16(18(30)28-32)26-17(29)14-9-7-13(8-10-14)5-3-4-6-15-11-12-25-33-15/h7-12,16,19,32H,1-2H3,(H,26,29)(H,28,30)(H2,24,27,31). The topological polar surface area (TPSA) is 132 Å². The highest BCUT2D eigenvalue weighted by atomic mass is 32.1. The number of aromatic nitrogens is 1. The second kappa shape index (κ2) is 11.6. The number of urea groups is 1. The molecule has 0 saturated carbocycles. The largest absolute Gasteiger partial charge is 0.341 e. The molecule has 2 aromatic rings. The predicted molar refractivity (Wildman–Crippen MR) is 115 cm³/mol. The molecule has 0 radical (unpaired) electrons. The van der Waals surface area contributed by atoms with Crippen LogP contribution in [0.5, 0.6) is 0 Å².